The summed E-state index contributed by atoms with van der Waals surface area (Å²) in [5.74, 6) is -1.33. The SMILES string of the molecule is CCOC(=O)c1sc(CC(=O)/C(C#N)=C/c2cc(C)n(-c3ccc(F)cc3)c2C)c(C#N)c1C. The molecule has 34 heavy (non-hydrogen) atoms. The topological polar surface area (TPSA) is 95.9 Å². The summed E-state index contributed by atoms with van der Waals surface area (Å²) in [5.41, 5.74) is 3.76. The summed E-state index contributed by atoms with van der Waals surface area (Å²) < 4.78 is 20.3. The summed E-state index contributed by atoms with van der Waals surface area (Å²) in [7, 11) is 0. The fourth-order valence-corrected chi connectivity index (χ4v) is 4.88. The first-order chi connectivity index (χ1) is 16.2. The molecule has 6 nitrogen and oxygen atoms in total. The van der Waals surface area contributed by atoms with Gasteiger partial charge in [0, 0.05) is 28.4 Å². The highest BCUT2D eigenvalue weighted by atomic mass is 32.1. The number of hydrogen-bond donors (Lipinski definition) is 0. The van der Waals surface area contributed by atoms with Gasteiger partial charge < -0.3 is 9.30 Å². The van der Waals surface area contributed by atoms with Gasteiger partial charge in [-0.05, 0) is 75.2 Å². The minimum atomic E-state index is -0.538. The van der Waals surface area contributed by atoms with Gasteiger partial charge in [-0.1, -0.05) is 0 Å². The van der Waals surface area contributed by atoms with Crippen molar-refractivity contribution >= 4 is 29.2 Å². The molecule has 0 bridgehead atoms. The number of carbonyl (C=O) groups is 2. The van der Waals surface area contributed by atoms with E-state index >= 15 is 0 Å². The molecule has 0 saturated heterocycles. The summed E-state index contributed by atoms with van der Waals surface area (Å²) in [5, 5.41) is 19.2. The van der Waals surface area contributed by atoms with Gasteiger partial charge in [0.25, 0.3) is 0 Å². The van der Waals surface area contributed by atoms with E-state index in [-0.39, 0.29) is 34.9 Å². The lowest BCUT2D eigenvalue weighted by Gasteiger charge is -2.09. The summed E-state index contributed by atoms with van der Waals surface area (Å²) in [6, 6.07) is 11.9. The Morgan fingerprint density at radius 2 is 1.85 bits per heavy atom. The second-order valence-corrected chi connectivity index (χ2v) is 8.70. The van der Waals surface area contributed by atoms with Crippen LogP contribution in [0.4, 0.5) is 4.39 Å². The van der Waals surface area contributed by atoms with E-state index in [9.17, 15) is 24.5 Å². The highest BCUT2D eigenvalue weighted by Crippen LogP contribution is 2.30. The van der Waals surface area contributed by atoms with Crippen molar-refractivity contribution in [3.05, 3.63) is 79.6 Å². The number of carbonyl (C=O) groups excluding carboxylic acids is 2. The molecular weight excluding hydrogens is 453 g/mol. The molecule has 3 rings (SSSR count). The van der Waals surface area contributed by atoms with E-state index < -0.39 is 11.8 Å². The van der Waals surface area contributed by atoms with E-state index in [0.29, 0.717) is 16.0 Å². The van der Waals surface area contributed by atoms with Crippen molar-refractivity contribution < 1.29 is 18.7 Å². The standard InChI is InChI=1S/C26H22FN3O3S/c1-5-33-26(32)25-16(3)22(14-29)24(34-25)12-23(31)19(13-28)11-18-10-15(2)30(17(18)4)21-8-6-20(27)7-9-21/h6-11H,5,12H2,1-4H3/b19-11+. The van der Waals surface area contributed by atoms with Crippen molar-refractivity contribution in [3.8, 4) is 17.8 Å². The molecule has 0 aliphatic rings. The Hall–Kier alpha value is -4.01. The number of aromatic nitrogens is 1. The smallest absolute Gasteiger partial charge is 0.348 e. The van der Waals surface area contributed by atoms with E-state index in [1.54, 1.807) is 26.0 Å². The summed E-state index contributed by atoms with van der Waals surface area (Å²) >= 11 is 1.04. The van der Waals surface area contributed by atoms with Crippen LogP contribution in [0.3, 0.4) is 0 Å². The van der Waals surface area contributed by atoms with Gasteiger partial charge >= 0.3 is 5.97 Å². The molecule has 0 radical (unpaired) electrons. The molecule has 8 heteroatoms. The number of nitrogens with zero attached hydrogens (tertiary/aromatic N) is 3. The van der Waals surface area contributed by atoms with Crippen LogP contribution in [-0.4, -0.2) is 22.9 Å². The van der Waals surface area contributed by atoms with Crippen LogP contribution in [0.1, 0.15) is 49.6 Å². The van der Waals surface area contributed by atoms with Gasteiger partial charge in [0.1, 0.15) is 22.8 Å². The summed E-state index contributed by atoms with van der Waals surface area (Å²) in [6.45, 7) is 7.26. The van der Waals surface area contributed by atoms with Crippen LogP contribution in [0.15, 0.2) is 35.9 Å². The molecule has 0 N–H and O–H groups in total. The van der Waals surface area contributed by atoms with Crippen molar-refractivity contribution in [1.82, 2.24) is 4.57 Å². The Labute approximate surface area is 201 Å². The molecule has 2 heterocycles. The number of ketones is 1. The number of aryl methyl sites for hydroxylation is 1. The van der Waals surface area contributed by atoms with Gasteiger partial charge in [-0.15, -0.1) is 11.3 Å². The maximum Gasteiger partial charge on any atom is 0.348 e. The number of thiophene rings is 1. The van der Waals surface area contributed by atoms with Crippen molar-refractivity contribution in [2.24, 2.45) is 0 Å². The minimum Gasteiger partial charge on any atom is -0.462 e. The molecule has 0 amide bonds. The Morgan fingerprint density at radius 3 is 2.44 bits per heavy atom. The monoisotopic (exact) mass is 475 g/mol. The van der Waals surface area contributed by atoms with Crippen LogP contribution in [0.25, 0.3) is 11.8 Å². The number of esters is 1. The van der Waals surface area contributed by atoms with E-state index in [1.165, 1.54) is 18.2 Å². The van der Waals surface area contributed by atoms with Crippen molar-refractivity contribution in [2.45, 2.75) is 34.1 Å². The van der Waals surface area contributed by atoms with E-state index in [4.69, 9.17) is 4.74 Å². The normalized spacial score (nSPS) is 11.1. The van der Waals surface area contributed by atoms with Crippen LogP contribution < -0.4 is 0 Å². The molecule has 0 aliphatic carbocycles. The lowest BCUT2D eigenvalue weighted by molar-refractivity contribution is -0.114. The second kappa shape index (κ2) is 10.3. The van der Waals surface area contributed by atoms with Gasteiger partial charge in [-0.2, -0.15) is 10.5 Å². The number of Topliss-reactive ketones (excluding diaryl/α,β-unsaturated/α-hetero) is 1. The lowest BCUT2D eigenvalue weighted by atomic mass is 10.0. The first-order valence-electron chi connectivity index (χ1n) is 10.5. The molecule has 0 saturated carbocycles. The Bertz CT molecular complexity index is 1380. The Kier molecular flexibility index (Phi) is 7.45. The van der Waals surface area contributed by atoms with E-state index in [0.717, 1.165) is 28.4 Å². The quantitative estimate of drug-likeness (QED) is 0.260. The van der Waals surface area contributed by atoms with Crippen LogP contribution in [0, 0.1) is 49.3 Å². The largest absolute Gasteiger partial charge is 0.462 e. The molecule has 2 aromatic heterocycles. The molecule has 0 fully saturated rings. The summed E-state index contributed by atoms with van der Waals surface area (Å²) in [4.78, 5) is 25.9. The third-order valence-corrected chi connectivity index (χ3v) is 6.66. The molecule has 0 aliphatic heterocycles. The lowest BCUT2D eigenvalue weighted by Crippen LogP contribution is -2.05. The Morgan fingerprint density at radius 1 is 1.18 bits per heavy atom. The Balaban J connectivity index is 1.94. The predicted molar refractivity (Wildman–Crippen MR) is 127 cm³/mol. The maximum absolute atomic E-state index is 13.3. The van der Waals surface area contributed by atoms with Crippen LogP contribution in [0.5, 0.6) is 0 Å². The van der Waals surface area contributed by atoms with Crippen LogP contribution in [-0.2, 0) is 16.0 Å². The fraction of sp³-hybridized carbons (Fsp3) is 0.231. The van der Waals surface area contributed by atoms with Crippen molar-refractivity contribution in [2.75, 3.05) is 6.61 Å². The molecular formula is C26H22FN3O3S. The molecule has 1 aromatic carbocycles. The minimum absolute atomic E-state index is 0.0630. The van der Waals surface area contributed by atoms with Crippen LogP contribution in [0.2, 0.25) is 0 Å². The van der Waals surface area contributed by atoms with Gasteiger partial charge in [0.2, 0.25) is 0 Å². The number of hydrogen-bond acceptors (Lipinski definition) is 6. The van der Waals surface area contributed by atoms with Crippen molar-refractivity contribution in [1.29, 1.82) is 10.5 Å². The molecule has 172 valence electrons. The average molecular weight is 476 g/mol. The maximum atomic E-state index is 13.3. The predicted octanol–water partition coefficient (Wildman–Crippen LogP) is 5.37. The molecule has 0 unspecified atom stereocenters. The zero-order valence-electron chi connectivity index (χ0n) is 19.2. The third kappa shape index (κ3) is 4.83. The average Bonchev–Trinajstić information content (AvgIpc) is 3.27. The number of rotatable bonds is 7. The summed E-state index contributed by atoms with van der Waals surface area (Å²) in [6.07, 6.45) is 1.34. The van der Waals surface area contributed by atoms with Gasteiger partial charge in [0.05, 0.1) is 17.7 Å². The zero-order chi connectivity index (χ0) is 25.0. The third-order valence-electron chi connectivity index (χ3n) is 5.39. The van der Waals surface area contributed by atoms with Gasteiger partial charge in [-0.3, -0.25) is 4.79 Å². The van der Waals surface area contributed by atoms with E-state index in [2.05, 4.69) is 6.07 Å². The van der Waals surface area contributed by atoms with Gasteiger partial charge in [0.15, 0.2) is 5.78 Å². The number of allylic oxidation sites excluding steroid dienone is 1. The number of halogens is 1. The van der Waals surface area contributed by atoms with E-state index in [1.807, 2.05) is 30.6 Å². The van der Waals surface area contributed by atoms with Crippen LogP contribution >= 0.6 is 11.3 Å². The molecule has 3 aromatic rings. The fourth-order valence-electron chi connectivity index (χ4n) is 3.73. The molecule has 0 spiro atoms. The first kappa shape index (κ1) is 24.6. The highest BCUT2D eigenvalue weighted by Gasteiger charge is 2.23. The molecule has 0 atom stereocenters. The number of ether oxygens (including phenoxy) is 1. The van der Waals surface area contributed by atoms with Crippen molar-refractivity contribution in [3.63, 3.8) is 0 Å². The second-order valence-electron chi connectivity index (χ2n) is 7.59. The zero-order valence-corrected chi connectivity index (χ0v) is 20.0. The van der Waals surface area contributed by atoms with Gasteiger partial charge in [-0.25, -0.2) is 9.18 Å². The number of nitriles is 2. The first-order valence-corrected chi connectivity index (χ1v) is 11.3. The number of benzene rings is 1. The highest BCUT2D eigenvalue weighted by molar-refractivity contribution is 7.14.